The van der Waals surface area contributed by atoms with E-state index in [4.69, 9.17) is 0 Å². The highest BCUT2D eigenvalue weighted by molar-refractivity contribution is 5.92. The van der Waals surface area contributed by atoms with Gasteiger partial charge in [-0.3, -0.25) is 14.4 Å². The van der Waals surface area contributed by atoms with E-state index < -0.39 is 23.9 Å². The Hall–Kier alpha value is -4.50. The van der Waals surface area contributed by atoms with E-state index in [1.54, 1.807) is 6.20 Å². The minimum Gasteiger partial charge on any atom is -0.394 e. The van der Waals surface area contributed by atoms with Crippen molar-refractivity contribution >= 4 is 28.5 Å². The Balaban J connectivity index is 1.52. The number of aliphatic hydroxyl groups excluding tert-OH is 1. The molecule has 3 aromatic carbocycles. The third-order valence-corrected chi connectivity index (χ3v) is 7.66. The highest BCUT2D eigenvalue weighted by Gasteiger charge is 2.29. The van der Waals surface area contributed by atoms with E-state index in [-0.39, 0.29) is 37.2 Å². The summed E-state index contributed by atoms with van der Waals surface area (Å²) >= 11 is 0. The summed E-state index contributed by atoms with van der Waals surface area (Å²) in [4.78, 5) is 47.6. The molecule has 9 nitrogen and oxygen atoms in total. The minimum absolute atomic E-state index is 0.0329. The van der Waals surface area contributed by atoms with Crippen LogP contribution in [0.3, 0.4) is 0 Å². The second kappa shape index (κ2) is 16.4. The number of amides is 3. The van der Waals surface area contributed by atoms with Gasteiger partial charge in [0, 0.05) is 31.3 Å². The molecule has 4 aromatic rings. The summed E-state index contributed by atoms with van der Waals surface area (Å²) in [5.74, 6) is -1.48. The van der Waals surface area contributed by atoms with Crippen molar-refractivity contribution in [2.75, 3.05) is 13.2 Å². The average Bonchev–Trinajstić information content (AvgIpc) is 3.53. The number of H-pyrrole nitrogens is 1. The predicted molar refractivity (Wildman–Crippen MR) is 172 cm³/mol. The van der Waals surface area contributed by atoms with Crippen LogP contribution in [-0.2, 0) is 33.6 Å². The van der Waals surface area contributed by atoms with Gasteiger partial charge in [-0.2, -0.15) is 0 Å². The number of hydrogen-bond acceptors (Lipinski definition) is 5. The molecule has 1 aromatic heterocycles. The fourth-order valence-electron chi connectivity index (χ4n) is 5.45. The zero-order chi connectivity index (χ0) is 31.3. The van der Waals surface area contributed by atoms with Crippen molar-refractivity contribution < 1.29 is 19.5 Å². The molecule has 3 amide bonds. The van der Waals surface area contributed by atoms with Crippen LogP contribution < -0.4 is 16.0 Å². The number of benzene rings is 3. The average molecular weight is 598 g/mol. The molecule has 0 aliphatic rings. The van der Waals surface area contributed by atoms with Crippen molar-refractivity contribution in [3.05, 3.63) is 102 Å². The maximum Gasteiger partial charge on any atom is 0.243 e. The number of carbonyl (C=O) groups is 3. The number of imidazole rings is 1. The van der Waals surface area contributed by atoms with Crippen LogP contribution in [0.25, 0.3) is 10.8 Å². The summed E-state index contributed by atoms with van der Waals surface area (Å²) in [6, 6.07) is 22.4. The lowest BCUT2D eigenvalue weighted by atomic mass is 9.91. The number of nitrogens with one attached hydrogen (secondary N) is 4. The number of aliphatic hydroxyl groups is 1. The number of carbonyl (C=O) groups excluding carboxylic acids is 3. The molecule has 4 rings (SSSR count). The maximum absolute atomic E-state index is 13.9. The first-order valence-corrected chi connectivity index (χ1v) is 15.3. The Morgan fingerprint density at radius 3 is 2.36 bits per heavy atom. The molecule has 232 valence electrons. The molecule has 0 aliphatic heterocycles. The molecule has 0 saturated carbocycles. The molecular weight excluding hydrogens is 554 g/mol. The van der Waals surface area contributed by atoms with E-state index in [1.807, 2.05) is 86.6 Å². The van der Waals surface area contributed by atoms with E-state index in [9.17, 15) is 19.5 Å². The van der Waals surface area contributed by atoms with E-state index in [2.05, 4.69) is 25.9 Å². The molecule has 0 fully saturated rings. The number of aromatic amines is 1. The van der Waals surface area contributed by atoms with Gasteiger partial charge in [-0.05, 0) is 47.1 Å². The second-order valence-corrected chi connectivity index (χ2v) is 11.7. The zero-order valence-electron chi connectivity index (χ0n) is 25.5. The van der Waals surface area contributed by atoms with Crippen LogP contribution in [0.2, 0.25) is 0 Å². The van der Waals surface area contributed by atoms with Crippen molar-refractivity contribution in [3.8, 4) is 0 Å². The molecule has 0 aliphatic carbocycles. The quantitative estimate of drug-likeness (QED) is 0.134. The van der Waals surface area contributed by atoms with Crippen LogP contribution in [0.5, 0.6) is 0 Å². The Morgan fingerprint density at radius 1 is 0.886 bits per heavy atom. The summed E-state index contributed by atoms with van der Waals surface area (Å²) in [6.45, 7) is 4.28. The van der Waals surface area contributed by atoms with Crippen LogP contribution >= 0.6 is 0 Å². The zero-order valence-corrected chi connectivity index (χ0v) is 25.5. The topological polar surface area (TPSA) is 136 Å². The number of fused-ring (bicyclic) bond motifs is 1. The van der Waals surface area contributed by atoms with Gasteiger partial charge in [-0.15, -0.1) is 0 Å². The first-order chi connectivity index (χ1) is 21.3. The number of hydrogen-bond donors (Lipinski definition) is 5. The monoisotopic (exact) mass is 597 g/mol. The van der Waals surface area contributed by atoms with Gasteiger partial charge in [-0.25, -0.2) is 4.98 Å². The summed E-state index contributed by atoms with van der Waals surface area (Å²) in [7, 11) is 0. The third-order valence-electron chi connectivity index (χ3n) is 7.66. The second-order valence-electron chi connectivity index (χ2n) is 11.7. The fraction of sp³-hybridized carbons (Fsp3) is 0.371. The number of rotatable bonds is 16. The van der Waals surface area contributed by atoms with E-state index in [0.29, 0.717) is 31.5 Å². The Labute approximate surface area is 258 Å². The molecular formula is C35H43N5O4. The van der Waals surface area contributed by atoms with Crippen LogP contribution in [0.15, 0.2) is 85.3 Å². The van der Waals surface area contributed by atoms with Crippen molar-refractivity contribution in [3.63, 3.8) is 0 Å². The summed E-state index contributed by atoms with van der Waals surface area (Å²) in [5.41, 5.74) is 2.75. The van der Waals surface area contributed by atoms with Crippen molar-refractivity contribution in [2.24, 2.45) is 11.8 Å². The largest absolute Gasteiger partial charge is 0.394 e. The SMILES string of the molecule is CC(C)C[C@@H](CO)NC(=O)[C@H](Cc1cnc[nH]1)NC(=O)C(CC(=O)NCCc1ccccc1)Cc1cccc2ccccc12. The number of nitrogens with zero attached hydrogens (tertiary/aromatic N) is 1. The molecule has 3 atom stereocenters. The van der Waals surface area contributed by atoms with Gasteiger partial charge >= 0.3 is 0 Å². The van der Waals surface area contributed by atoms with Gasteiger partial charge in [0.1, 0.15) is 6.04 Å². The van der Waals surface area contributed by atoms with Crippen molar-refractivity contribution in [2.45, 2.75) is 58.0 Å². The molecule has 0 radical (unpaired) electrons. The van der Waals surface area contributed by atoms with Crippen molar-refractivity contribution in [1.82, 2.24) is 25.9 Å². The number of aromatic nitrogens is 2. The molecule has 0 spiro atoms. The highest BCUT2D eigenvalue weighted by atomic mass is 16.3. The normalized spacial score (nSPS) is 13.3. The summed E-state index contributed by atoms with van der Waals surface area (Å²) in [5, 5.41) is 20.7. The van der Waals surface area contributed by atoms with Crippen LogP contribution in [0.1, 0.15) is 43.5 Å². The molecule has 44 heavy (non-hydrogen) atoms. The predicted octanol–water partition coefficient (Wildman–Crippen LogP) is 3.72. The van der Waals surface area contributed by atoms with Gasteiger partial charge < -0.3 is 26.0 Å². The lowest BCUT2D eigenvalue weighted by Crippen LogP contribution is -2.53. The van der Waals surface area contributed by atoms with Gasteiger partial charge in [0.05, 0.1) is 24.9 Å². The third kappa shape index (κ3) is 9.77. The Morgan fingerprint density at radius 2 is 1.64 bits per heavy atom. The van der Waals surface area contributed by atoms with Gasteiger partial charge in [-0.1, -0.05) is 86.6 Å². The molecule has 1 heterocycles. The van der Waals surface area contributed by atoms with E-state index in [1.165, 1.54) is 6.33 Å². The summed E-state index contributed by atoms with van der Waals surface area (Å²) in [6.07, 6.45) is 4.88. The fourth-order valence-corrected chi connectivity index (χ4v) is 5.45. The molecule has 5 N–H and O–H groups in total. The lowest BCUT2D eigenvalue weighted by Gasteiger charge is -2.25. The van der Waals surface area contributed by atoms with E-state index in [0.717, 1.165) is 21.9 Å². The van der Waals surface area contributed by atoms with Crippen LogP contribution in [-0.4, -0.2) is 58.0 Å². The first kappa shape index (κ1) is 32.4. The molecule has 0 saturated heterocycles. The van der Waals surface area contributed by atoms with Gasteiger partial charge in [0.15, 0.2) is 0 Å². The first-order valence-electron chi connectivity index (χ1n) is 15.3. The smallest absolute Gasteiger partial charge is 0.243 e. The molecule has 0 bridgehead atoms. The van der Waals surface area contributed by atoms with E-state index >= 15 is 0 Å². The Kier molecular flexibility index (Phi) is 12.1. The lowest BCUT2D eigenvalue weighted by molar-refractivity contribution is -0.133. The van der Waals surface area contributed by atoms with Crippen molar-refractivity contribution in [1.29, 1.82) is 0 Å². The maximum atomic E-state index is 13.9. The molecule has 9 heteroatoms. The highest BCUT2D eigenvalue weighted by Crippen LogP contribution is 2.23. The molecule has 1 unspecified atom stereocenters. The van der Waals surface area contributed by atoms with Crippen LogP contribution in [0, 0.1) is 11.8 Å². The van der Waals surface area contributed by atoms with Gasteiger partial charge in [0.2, 0.25) is 17.7 Å². The standard InChI is InChI=1S/C35H43N5O4/c1-24(2)17-30(22-41)39-35(44)32(20-29-21-36-23-38-29)40-34(43)28(18-27-13-8-12-26-11-6-7-14-31(26)27)19-33(42)37-16-15-25-9-4-3-5-10-25/h3-14,21,23-24,28,30,32,41H,15-20,22H2,1-2H3,(H,36,38)(H,37,42)(H,39,44)(H,40,43)/t28?,30-,32-/m0/s1. The summed E-state index contributed by atoms with van der Waals surface area (Å²) < 4.78 is 0. The van der Waals surface area contributed by atoms with Gasteiger partial charge in [0.25, 0.3) is 0 Å². The Bertz CT molecular complexity index is 1480. The minimum atomic E-state index is -0.930. The van der Waals surface area contributed by atoms with Crippen LogP contribution in [0.4, 0.5) is 0 Å².